The van der Waals surface area contributed by atoms with Gasteiger partial charge in [0.25, 0.3) is 0 Å². The number of imidazole rings is 1. The van der Waals surface area contributed by atoms with Gasteiger partial charge in [-0.3, -0.25) is 69.6 Å². The molecule has 0 atom stereocenters. The highest BCUT2D eigenvalue weighted by atomic mass is 19.1. The number of anilines is 1. The summed E-state index contributed by atoms with van der Waals surface area (Å²) < 4.78 is 13.6. The molecule has 0 bridgehead atoms. The van der Waals surface area contributed by atoms with Crippen LogP contribution in [0.15, 0.2) is 402 Å². The number of amides is 1. The minimum absolute atomic E-state index is 0.0405. The second-order valence-electron chi connectivity index (χ2n) is 34.1. The number of hydrogen-bond acceptors (Lipinski definition) is 18. The van der Waals surface area contributed by atoms with Crippen LogP contribution >= 0.6 is 0 Å². The Morgan fingerprint density at radius 2 is 0.679 bits per heavy atom. The molecule has 23 aromatic rings. The fourth-order valence-electron chi connectivity index (χ4n) is 17.1. The van der Waals surface area contributed by atoms with E-state index in [4.69, 9.17) is 15.0 Å². The number of carbonyl (C=O) groups excluding carboxylic acids is 1. The van der Waals surface area contributed by atoms with Crippen molar-refractivity contribution in [1.29, 1.82) is 0 Å². The van der Waals surface area contributed by atoms with E-state index >= 15 is 0 Å². The van der Waals surface area contributed by atoms with E-state index in [0.717, 1.165) is 224 Å². The van der Waals surface area contributed by atoms with E-state index in [9.17, 15) is 9.18 Å². The Bertz CT molecular complexity index is 8350. The first-order valence-corrected chi connectivity index (χ1v) is 46.0. The second kappa shape index (κ2) is 41.2. The van der Waals surface area contributed by atoms with Gasteiger partial charge < -0.3 is 10.3 Å². The predicted molar refractivity (Wildman–Crippen MR) is 556 cm³/mol. The quantitative estimate of drug-likeness (QED) is 0.109. The fourth-order valence-corrected chi connectivity index (χ4v) is 17.1. The number of carbonyl (C=O) groups is 1. The van der Waals surface area contributed by atoms with Crippen LogP contribution in [-0.4, -0.2) is 95.6 Å². The highest BCUT2D eigenvalue weighted by molar-refractivity contribution is 6.01. The topological polar surface area (TPSA) is 264 Å². The molecule has 25 rings (SSSR count). The van der Waals surface area contributed by atoms with Crippen molar-refractivity contribution in [3.8, 4) is 135 Å². The van der Waals surface area contributed by atoms with E-state index in [2.05, 4.69) is 202 Å². The number of benzene rings is 6. The smallest absolute Gasteiger partial charge is 0.228 e. The lowest BCUT2D eigenvalue weighted by Gasteiger charge is -2.10. The molecule has 17 aromatic heterocycles. The van der Waals surface area contributed by atoms with Crippen LogP contribution in [0.25, 0.3) is 190 Å². The number of rotatable bonds is 13. The minimum atomic E-state index is -0.215. The maximum atomic E-state index is 13.6. The van der Waals surface area contributed by atoms with E-state index in [-0.39, 0.29) is 11.7 Å². The van der Waals surface area contributed by atoms with Crippen molar-refractivity contribution in [2.24, 2.45) is 0 Å². The molecule has 1 saturated carbocycles. The Hall–Kier alpha value is -18.4. The van der Waals surface area contributed by atoms with Gasteiger partial charge in [-0.05, 0) is 300 Å². The molecule has 1 aliphatic carbocycles. The van der Waals surface area contributed by atoms with Gasteiger partial charge >= 0.3 is 0 Å². The summed E-state index contributed by atoms with van der Waals surface area (Å²) in [5, 5.41) is 8.26. The number of nitrogens with one attached hydrogen (secondary N) is 2. The van der Waals surface area contributed by atoms with Crippen LogP contribution in [0.3, 0.4) is 0 Å². The highest BCUT2D eigenvalue weighted by Gasteiger charge is 2.26. The maximum Gasteiger partial charge on any atom is 0.228 e. The number of H-pyrrole nitrogens is 1. The molecule has 674 valence electrons. The number of nitrogens with zero attached hydrogens (tertiary/aromatic N) is 17. The maximum absolute atomic E-state index is 13.6. The molecule has 21 heteroatoms. The molecular weight excluding hydrogens is 1730 g/mol. The summed E-state index contributed by atoms with van der Waals surface area (Å²) in [4.78, 5) is 91.2. The van der Waals surface area contributed by atoms with Crippen LogP contribution in [0.2, 0.25) is 0 Å². The third-order valence-electron chi connectivity index (χ3n) is 24.2. The van der Waals surface area contributed by atoms with Gasteiger partial charge in [-0.25, -0.2) is 24.3 Å². The third-order valence-corrected chi connectivity index (χ3v) is 24.2. The van der Waals surface area contributed by atoms with Gasteiger partial charge in [-0.15, -0.1) is 0 Å². The molecule has 0 saturated heterocycles. The molecule has 1 amide bonds. The minimum Gasteiger partial charge on any atom is -0.345 e. The molecule has 6 aromatic carbocycles. The van der Waals surface area contributed by atoms with Crippen molar-refractivity contribution in [3.05, 3.63) is 448 Å². The van der Waals surface area contributed by atoms with Crippen LogP contribution in [-0.2, 0) is 11.2 Å². The summed E-state index contributed by atoms with van der Waals surface area (Å²) in [7, 11) is 0. The zero-order valence-electron chi connectivity index (χ0n) is 77.2. The summed E-state index contributed by atoms with van der Waals surface area (Å²) in [5.74, 6) is 0.560. The van der Waals surface area contributed by atoms with Crippen molar-refractivity contribution in [1.82, 2.24) is 89.7 Å². The standard InChI is InChI=1S/C22H17N3.C20H14FN3.2C20H15N3.C19H15N3O.C18H14N4/c1-3-16(15-6-7-15)13-17(4-1)22-19(5-2-11-24-22)21-9-8-18-14-23-12-10-20(18)25-21;1-13-11-14(4-6-17(13)21)20-16(3-2-9-23-20)19-7-5-15-12-22-10-8-18(15)24-19;1-14-4-2-6-19(23-14)18-5-3-10-22-20(18)16-7-8-17-13-21-11-9-15(17)12-16;1-14-4-2-5-15(12-14)20-17(6-3-10-22-20)19-8-7-16-13-21-11-9-18(16)23-19;1-12-4-2-6-16(21-12)15-5-3-9-20-19(15)14-8-7-13-11-18(23)22-17(13)10-14;1-12-4-2-6-15(22-12)14-5-3-9-19-18(14)13-7-8-16-17(10-13)21-11-20-16/h1-5,8-15H,6-7H2;2-12H,1H3;2*2-13H,1H3;2-10H,11H2,1H3,(H,22,23);2-11H,1H3,(H,20,21). The molecule has 2 N–H and O–H groups in total. The van der Waals surface area contributed by atoms with Crippen molar-refractivity contribution in [3.63, 3.8) is 0 Å². The Labute approximate surface area is 807 Å². The number of halogens is 1. The Morgan fingerprint density at radius 1 is 0.293 bits per heavy atom. The number of pyridine rings is 16. The lowest BCUT2D eigenvalue weighted by molar-refractivity contribution is -0.115. The van der Waals surface area contributed by atoms with E-state index in [0.29, 0.717) is 12.0 Å². The second-order valence-corrected chi connectivity index (χ2v) is 34.1. The predicted octanol–water partition coefficient (Wildman–Crippen LogP) is 27.0. The van der Waals surface area contributed by atoms with Gasteiger partial charge in [0.15, 0.2) is 0 Å². The van der Waals surface area contributed by atoms with E-state index in [1.807, 2.05) is 252 Å². The highest BCUT2D eigenvalue weighted by Crippen LogP contribution is 2.43. The van der Waals surface area contributed by atoms with Crippen molar-refractivity contribution in [2.45, 2.75) is 59.8 Å². The number of fused-ring (bicyclic) bond motifs is 6. The summed E-state index contributed by atoms with van der Waals surface area (Å²) in [5.41, 5.74) is 36.2. The van der Waals surface area contributed by atoms with Crippen LogP contribution in [0, 0.1) is 40.4 Å². The number of aryl methyl sites for hydroxylation is 5. The van der Waals surface area contributed by atoms with E-state index in [1.165, 1.54) is 30.0 Å². The van der Waals surface area contributed by atoms with Gasteiger partial charge in [0.1, 0.15) is 5.82 Å². The Morgan fingerprint density at radius 3 is 1.14 bits per heavy atom. The summed E-state index contributed by atoms with van der Waals surface area (Å²) in [6.07, 6.45) is 30.0. The number of aromatic amines is 1. The molecule has 140 heavy (non-hydrogen) atoms. The van der Waals surface area contributed by atoms with Gasteiger partial charge in [0, 0.05) is 198 Å². The Kier molecular flexibility index (Phi) is 26.4. The lowest BCUT2D eigenvalue weighted by Crippen LogP contribution is -2.03. The molecule has 2 aliphatic rings. The molecule has 0 radical (unpaired) electrons. The van der Waals surface area contributed by atoms with Gasteiger partial charge in [0.05, 0.1) is 109 Å². The lowest BCUT2D eigenvalue weighted by atomic mass is 9.99. The first-order valence-electron chi connectivity index (χ1n) is 46.0. The van der Waals surface area contributed by atoms with Crippen molar-refractivity contribution >= 4 is 66.1 Å². The SMILES string of the molecule is Cc1cc(-c2ncccc2-c2ccc3cnccc3n2)ccc1F.Cc1cccc(-c2cccnc2-c2ccc3c(c2)NC(=O)C3)n1.Cc1cccc(-c2cccnc2-c2ccc3cnccc3c2)n1.Cc1cccc(-c2cccnc2-c2ccc3nc[nH]c3c2)n1.Cc1cccc(-c2ncccc2-c2ccc3cnccc3n2)c1.c1cc(-c2ncccc2-c2ccc3cnccc3n2)cc(C2CC2)c1. The summed E-state index contributed by atoms with van der Waals surface area (Å²) >= 11 is 0. The van der Waals surface area contributed by atoms with Crippen LogP contribution in [0.1, 0.15) is 58.1 Å². The third kappa shape index (κ3) is 20.6. The van der Waals surface area contributed by atoms with Crippen molar-refractivity contribution in [2.75, 3.05) is 5.32 Å². The first kappa shape index (κ1) is 89.5. The number of aromatic nitrogens is 18. The fraction of sp³-hybridized carbons (Fsp3) is 0.0756. The summed E-state index contributed by atoms with van der Waals surface area (Å²) in [6.45, 7) is 9.82. The van der Waals surface area contributed by atoms with E-state index < -0.39 is 0 Å². The first-order chi connectivity index (χ1) is 68.7. The molecule has 0 spiro atoms. The monoisotopic (exact) mass is 1820 g/mol. The average molecular weight is 1820 g/mol. The molecule has 1 fully saturated rings. The van der Waals surface area contributed by atoms with Crippen LogP contribution < -0.4 is 5.32 Å². The Balaban J connectivity index is 0.000000103. The zero-order chi connectivity index (χ0) is 95.2. The van der Waals surface area contributed by atoms with Gasteiger partial charge in [-0.2, -0.15) is 0 Å². The summed E-state index contributed by atoms with van der Waals surface area (Å²) in [6, 6.07) is 103. The van der Waals surface area contributed by atoms with Gasteiger partial charge in [-0.1, -0.05) is 90.5 Å². The van der Waals surface area contributed by atoms with Crippen LogP contribution in [0.4, 0.5) is 10.1 Å². The molecule has 0 unspecified atom stereocenters. The largest absolute Gasteiger partial charge is 0.345 e. The number of hydrogen-bond donors (Lipinski definition) is 2. The molecule has 1 aliphatic heterocycles. The van der Waals surface area contributed by atoms with E-state index in [1.54, 1.807) is 56.5 Å². The van der Waals surface area contributed by atoms with Crippen molar-refractivity contribution < 1.29 is 9.18 Å². The zero-order valence-corrected chi connectivity index (χ0v) is 77.2. The molecular formula is C119H90FN19O. The molecule has 18 heterocycles. The van der Waals surface area contributed by atoms with Crippen LogP contribution in [0.5, 0.6) is 0 Å². The molecule has 20 nitrogen and oxygen atoms in total. The normalized spacial score (nSPS) is 11.7. The average Bonchev–Trinajstić information content (AvgIpc) is 1.36. The van der Waals surface area contributed by atoms with Gasteiger partial charge in [0.2, 0.25) is 5.91 Å².